The van der Waals surface area contributed by atoms with E-state index >= 15 is 0 Å². The number of aromatic carboxylic acids is 1. The highest BCUT2D eigenvalue weighted by Crippen LogP contribution is 2.42. The molecule has 0 fully saturated rings. The lowest BCUT2D eigenvalue weighted by Crippen LogP contribution is -2.08. The summed E-state index contributed by atoms with van der Waals surface area (Å²) in [5, 5.41) is 18.7. The lowest BCUT2D eigenvalue weighted by Gasteiger charge is -2.18. The number of alkyl halides is 6. The molecule has 0 heterocycles. The first-order valence-electron chi connectivity index (χ1n) is 9.42. The minimum atomic E-state index is -4.72. The normalized spacial score (nSPS) is 12.0. The smallest absolute Gasteiger partial charge is 0.416 e. The summed E-state index contributed by atoms with van der Waals surface area (Å²) in [6.07, 6.45) is -9.42. The largest absolute Gasteiger partial charge is 0.491 e. The Balaban J connectivity index is 2.35. The fourth-order valence-corrected chi connectivity index (χ4v) is 3.28. The van der Waals surface area contributed by atoms with Gasteiger partial charge in [-0.3, -0.25) is 0 Å². The van der Waals surface area contributed by atoms with Gasteiger partial charge >= 0.3 is 18.3 Å². The van der Waals surface area contributed by atoms with Crippen molar-refractivity contribution in [2.24, 2.45) is 0 Å². The number of aliphatic hydroxyl groups is 1. The first kappa shape index (κ1) is 24.1. The SMILES string of the molecule is O=C(O)c1cc(OCCO)cc(-c2cccc(C(F)(F)F)c2)c1-c1cccc(C(F)(F)F)c1. The Morgan fingerprint density at radius 1 is 0.818 bits per heavy atom. The van der Waals surface area contributed by atoms with E-state index in [2.05, 4.69) is 0 Å². The number of hydrogen-bond donors (Lipinski definition) is 2. The number of carboxylic acid groups (broad SMARTS) is 1. The van der Waals surface area contributed by atoms with E-state index < -0.39 is 41.6 Å². The van der Waals surface area contributed by atoms with Gasteiger partial charge in [-0.2, -0.15) is 26.3 Å². The summed E-state index contributed by atoms with van der Waals surface area (Å²) in [5.74, 6) is -1.60. The Kier molecular flexibility index (Phi) is 6.68. The quantitative estimate of drug-likeness (QED) is 0.426. The Bertz CT molecular complexity index is 1170. The Morgan fingerprint density at radius 2 is 1.36 bits per heavy atom. The van der Waals surface area contributed by atoms with Gasteiger partial charge in [0.25, 0.3) is 0 Å². The molecule has 4 nitrogen and oxygen atoms in total. The third kappa shape index (κ3) is 5.46. The van der Waals surface area contributed by atoms with Crippen molar-refractivity contribution in [3.63, 3.8) is 0 Å². The average Bonchev–Trinajstić information content (AvgIpc) is 2.76. The van der Waals surface area contributed by atoms with E-state index in [0.29, 0.717) is 0 Å². The van der Waals surface area contributed by atoms with Crippen LogP contribution in [0.1, 0.15) is 21.5 Å². The van der Waals surface area contributed by atoms with Gasteiger partial charge in [0.15, 0.2) is 0 Å². The van der Waals surface area contributed by atoms with E-state index in [1.165, 1.54) is 18.2 Å². The summed E-state index contributed by atoms with van der Waals surface area (Å²) < 4.78 is 84.9. The van der Waals surface area contributed by atoms with Gasteiger partial charge in [-0.15, -0.1) is 0 Å². The van der Waals surface area contributed by atoms with Crippen LogP contribution in [0.15, 0.2) is 60.7 Å². The van der Waals surface area contributed by atoms with Crippen molar-refractivity contribution in [1.82, 2.24) is 0 Å². The van der Waals surface area contributed by atoms with Crippen LogP contribution < -0.4 is 4.74 Å². The van der Waals surface area contributed by atoms with Crippen molar-refractivity contribution in [3.05, 3.63) is 77.4 Å². The third-order valence-corrected chi connectivity index (χ3v) is 4.68. The van der Waals surface area contributed by atoms with E-state index in [1.807, 2.05) is 0 Å². The van der Waals surface area contributed by atoms with Crippen LogP contribution in [-0.4, -0.2) is 29.4 Å². The maximum absolute atomic E-state index is 13.3. The number of hydrogen-bond acceptors (Lipinski definition) is 3. The fraction of sp³-hybridized carbons (Fsp3) is 0.174. The average molecular weight is 470 g/mol. The standard InChI is InChI=1S/C23H16F6O4/c24-22(25,26)15-5-1-3-13(9-15)18-11-17(33-8-7-30)12-19(21(31)32)20(18)14-4-2-6-16(10-14)23(27,28)29/h1-6,9-12,30H,7-8H2,(H,31,32). The van der Waals surface area contributed by atoms with Crippen molar-refractivity contribution in [2.45, 2.75) is 12.4 Å². The van der Waals surface area contributed by atoms with Crippen molar-refractivity contribution >= 4 is 5.97 Å². The van der Waals surface area contributed by atoms with Crippen LogP contribution in [-0.2, 0) is 12.4 Å². The van der Waals surface area contributed by atoms with Gasteiger partial charge < -0.3 is 14.9 Å². The number of carbonyl (C=O) groups is 1. The van der Waals surface area contributed by atoms with Crippen LogP contribution in [0.3, 0.4) is 0 Å². The molecule has 174 valence electrons. The second kappa shape index (κ2) is 9.14. The number of aliphatic hydroxyl groups excluding tert-OH is 1. The highest BCUT2D eigenvalue weighted by Gasteiger charge is 2.32. The van der Waals surface area contributed by atoms with E-state index in [0.717, 1.165) is 42.5 Å². The lowest BCUT2D eigenvalue weighted by atomic mass is 9.88. The minimum Gasteiger partial charge on any atom is -0.491 e. The zero-order valence-corrected chi connectivity index (χ0v) is 16.7. The maximum Gasteiger partial charge on any atom is 0.416 e. The molecule has 2 N–H and O–H groups in total. The monoisotopic (exact) mass is 470 g/mol. The number of benzene rings is 3. The molecule has 0 aliphatic rings. The first-order chi connectivity index (χ1) is 15.4. The van der Waals surface area contributed by atoms with Gasteiger partial charge in [0.2, 0.25) is 0 Å². The van der Waals surface area contributed by atoms with Crippen molar-refractivity contribution in [2.75, 3.05) is 13.2 Å². The van der Waals surface area contributed by atoms with E-state index in [4.69, 9.17) is 9.84 Å². The van der Waals surface area contributed by atoms with Gasteiger partial charge in [0.1, 0.15) is 12.4 Å². The molecular weight excluding hydrogens is 454 g/mol. The molecule has 0 aliphatic carbocycles. The predicted octanol–water partition coefficient (Wildman–Crippen LogP) is 6.13. The number of rotatable bonds is 6. The molecule has 0 spiro atoms. The summed E-state index contributed by atoms with van der Waals surface area (Å²) >= 11 is 0. The molecule has 0 unspecified atom stereocenters. The highest BCUT2D eigenvalue weighted by atomic mass is 19.4. The molecule has 10 heteroatoms. The van der Waals surface area contributed by atoms with Crippen molar-refractivity contribution in [1.29, 1.82) is 0 Å². The molecule has 0 saturated heterocycles. The second-order valence-electron chi connectivity index (χ2n) is 6.93. The van der Waals surface area contributed by atoms with Crippen molar-refractivity contribution in [3.8, 4) is 28.0 Å². The zero-order valence-electron chi connectivity index (χ0n) is 16.7. The van der Waals surface area contributed by atoms with Crippen LogP contribution in [0.25, 0.3) is 22.3 Å². The molecule has 0 bridgehead atoms. The second-order valence-corrected chi connectivity index (χ2v) is 6.93. The molecular formula is C23H16F6O4. The summed E-state index contributed by atoms with van der Waals surface area (Å²) in [6, 6.07) is 10.1. The fourth-order valence-electron chi connectivity index (χ4n) is 3.28. The summed E-state index contributed by atoms with van der Waals surface area (Å²) in [7, 11) is 0. The van der Waals surface area contributed by atoms with Crippen molar-refractivity contribution < 1.29 is 46.1 Å². The van der Waals surface area contributed by atoms with E-state index in [9.17, 15) is 36.2 Å². The molecule has 0 atom stereocenters. The molecule has 3 rings (SSSR count). The Morgan fingerprint density at radius 3 is 1.88 bits per heavy atom. The summed E-state index contributed by atoms with van der Waals surface area (Å²) in [4.78, 5) is 12.0. The molecule has 0 aliphatic heterocycles. The Hall–Kier alpha value is -3.53. The number of ether oxygens (including phenoxy) is 1. The highest BCUT2D eigenvalue weighted by molar-refractivity contribution is 6.02. The zero-order chi connectivity index (χ0) is 24.4. The van der Waals surface area contributed by atoms with Crippen LogP contribution in [0.5, 0.6) is 5.75 Å². The minimum absolute atomic E-state index is 0.0748. The van der Waals surface area contributed by atoms with Gasteiger partial charge in [-0.05, 0) is 53.1 Å². The van der Waals surface area contributed by atoms with Crippen LogP contribution in [0, 0.1) is 0 Å². The van der Waals surface area contributed by atoms with Crippen LogP contribution >= 0.6 is 0 Å². The molecule has 0 aromatic heterocycles. The van der Waals surface area contributed by atoms with E-state index in [1.54, 1.807) is 0 Å². The van der Waals surface area contributed by atoms with Crippen LogP contribution in [0.2, 0.25) is 0 Å². The van der Waals surface area contributed by atoms with Gasteiger partial charge in [0, 0.05) is 5.56 Å². The molecule has 3 aromatic rings. The molecule has 33 heavy (non-hydrogen) atoms. The first-order valence-corrected chi connectivity index (χ1v) is 9.42. The summed E-state index contributed by atoms with van der Waals surface area (Å²) in [6.45, 7) is -0.652. The molecule has 3 aromatic carbocycles. The molecule has 0 radical (unpaired) electrons. The van der Waals surface area contributed by atoms with Gasteiger partial charge in [-0.25, -0.2) is 4.79 Å². The molecule has 0 amide bonds. The van der Waals surface area contributed by atoms with Crippen LogP contribution in [0.4, 0.5) is 26.3 Å². The predicted molar refractivity (Wildman–Crippen MR) is 107 cm³/mol. The Labute approximate surface area is 183 Å². The van der Waals surface area contributed by atoms with E-state index in [-0.39, 0.29) is 34.6 Å². The number of carboxylic acids is 1. The van der Waals surface area contributed by atoms with Gasteiger partial charge in [0.05, 0.1) is 23.3 Å². The topological polar surface area (TPSA) is 66.8 Å². The lowest BCUT2D eigenvalue weighted by molar-refractivity contribution is -0.138. The summed E-state index contributed by atoms with van der Waals surface area (Å²) in [5.41, 5.74) is -3.05. The third-order valence-electron chi connectivity index (χ3n) is 4.68. The molecule has 0 saturated carbocycles. The number of halogens is 6. The maximum atomic E-state index is 13.3. The van der Waals surface area contributed by atoms with Gasteiger partial charge in [-0.1, -0.05) is 24.3 Å².